The predicted molar refractivity (Wildman–Crippen MR) is 88.6 cm³/mol. The Bertz CT molecular complexity index is 505. The van der Waals surface area contributed by atoms with Crippen molar-refractivity contribution in [3.05, 3.63) is 35.9 Å². The van der Waals surface area contributed by atoms with E-state index in [0.717, 1.165) is 5.56 Å². The van der Waals surface area contributed by atoms with Crippen LogP contribution in [0.1, 0.15) is 32.3 Å². The molecule has 1 unspecified atom stereocenters. The molecule has 0 bridgehead atoms. The van der Waals surface area contributed by atoms with Gasteiger partial charge < -0.3 is 11.1 Å². The highest BCUT2D eigenvalue weighted by Crippen LogP contribution is 2.30. The van der Waals surface area contributed by atoms with E-state index in [4.69, 9.17) is 10.9 Å². The van der Waals surface area contributed by atoms with E-state index in [-0.39, 0.29) is 24.8 Å². The Hall–Kier alpha value is -1.92. The summed E-state index contributed by atoms with van der Waals surface area (Å²) < 4.78 is 0. The van der Waals surface area contributed by atoms with Gasteiger partial charge in [0.05, 0.1) is 5.41 Å². The van der Waals surface area contributed by atoms with Crippen LogP contribution in [0.5, 0.6) is 0 Å². The molecular weight excluding hydrogens is 294 g/mol. The van der Waals surface area contributed by atoms with Gasteiger partial charge in [-0.2, -0.15) is 0 Å². The molecule has 128 valence electrons. The molecule has 6 nitrogen and oxygen atoms in total. The molecule has 0 radical (unpaired) electrons. The zero-order valence-electron chi connectivity index (χ0n) is 13.8. The third kappa shape index (κ3) is 6.00. The van der Waals surface area contributed by atoms with Crippen molar-refractivity contribution in [3.63, 3.8) is 0 Å². The van der Waals surface area contributed by atoms with Crippen molar-refractivity contribution in [2.24, 2.45) is 17.1 Å². The van der Waals surface area contributed by atoms with E-state index in [0.29, 0.717) is 19.4 Å². The molecule has 2 amide bonds. The lowest BCUT2D eigenvalue weighted by molar-refractivity contribution is -0.140. The molecule has 0 fully saturated rings. The minimum atomic E-state index is -1.00. The predicted octanol–water partition coefficient (Wildman–Crippen LogP) is 1.23. The van der Waals surface area contributed by atoms with Gasteiger partial charge >= 0.3 is 0 Å². The molecule has 0 aliphatic heterocycles. The van der Waals surface area contributed by atoms with E-state index in [2.05, 4.69) is 5.32 Å². The Morgan fingerprint density at radius 3 is 2.43 bits per heavy atom. The highest BCUT2D eigenvalue weighted by molar-refractivity contribution is 5.88. The van der Waals surface area contributed by atoms with Crippen LogP contribution in [-0.4, -0.2) is 30.1 Å². The van der Waals surface area contributed by atoms with Gasteiger partial charge in [0, 0.05) is 19.5 Å². The van der Waals surface area contributed by atoms with Crippen LogP contribution >= 0.6 is 0 Å². The first-order chi connectivity index (χ1) is 10.9. The number of amides is 2. The molecule has 1 atom stereocenters. The van der Waals surface area contributed by atoms with Crippen LogP contribution in [0.4, 0.5) is 0 Å². The highest BCUT2D eigenvalue weighted by Gasteiger charge is 2.39. The molecule has 1 aromatic carbocycles. The molecule has 6 heteroatoms. The lowest BCUT2D eigenvalue weighted by Crippen LogP contribution is -2.49. The Morgan fingerprint density at radius 2 is 1.91 bits per heavy atom. The average molecular weight is 321 g/mol. The van der Waals surface area contributed by atoms with E-state index in [9.17, 15) is 9.59 Å². The van der Waals surface area contributed by atoms with Crippen LogP contribution < -0.4 is 16.5 Å². The molecule has 0 aliphatic rings. The standard InChI is InChI=1S/C17H27N3O3/c1-13(2)10-17(12-18,11-15(21)20-23)16(22)19-9-8-14-6-4-3-5-7-14/h3-7,13,23H,8-12,18H2,1-2H3,(H,19,22)(H,20,21). The van der Waals surface area contributed by atoms with Gasteiger partial charge in [-0.1, -0.05) is 44.2 Å². The van der Waals surface area contributed by atoms with Gasteiger partial charge in [0.2, 0.25) is 11.8 Å². The van der Waals surface area contributed by atoms with Gasteiger partial charge in [-0.15, -0.1) is 0 Å². The number of nitrogens with two attached hydrogens (primary N) is 1. The number of hydroxylamine groups is 1. The third-order valence-electron chi connectivity index (χ3n) is 3.84. The fourth-order valence-corrected chi connectivity index (χ4v) is 2.77. The first-order valence-electron chi connectivity index (χ1n) is 7.89. The van der Waals surface area contributed by atoms with Gasteiger partial charge in [0.15, 0.2) is 0 Å². The summed E-state index contributed by atoms with van der Waals surface area (Å²) in [4.78, 5) is 24.2. The smallest absolute Gasteiger partial charge is 0.244 e. The Balaban J connectivity index is 2.71. The Labute approximate surface area is 137 Å². The van der Waals surface area contributed by atoms with Crippen molar-refractivity contribution < 1.29 is 14.8 Å². The molecule has 0 saturated heterocycles. The quantitative estimate of drug-likeness (QED) is 0.405. The fraction of sp³-hybridized carbons (Fsp3) is 0.529. The van der Waals surface area contributed by atoms with Gasteiger partial charge in [0.1, 0.15) is 0 Å². The maximum absolute atomic E-state index is 12.6. The summed E-state index contributed by atoms with van der Waals surface area (Å²) >= 11 is 0. The van der Waals surface area contributed by atoms with Crippen molar-refractivity contribution in [2.75, 3.05) is 13.1 Å². The van der Waals surface area contributed by atoms with Crippen LogP contribution in [-0.2, 0) is 16.0 Å². The van der Waals surface area contributed by atoms with Crippen molar-refractivity contribution >= 4 is 11.8 Å². The van der Waals surface area contributed by atoms with Crippen molar-refractivity contribution in [1.29, 1.82) is 0 Å². The molecule has 0 aromatic heterocycles. The molecular formula is C17H27N3O3. The molecule has 0 spiro atoms. The minimum absolute atomic E-state index is 0.0514. The summed E-state index contributed by atoms with van der Waals surface area (Å²) in [5.41, 5.74) is 7.54. The number of rotatable bonds is 9. The maximum atomic E-state index is 12.6. The summed E-state index contributed by atoms with van der Waals surface area (Å²) in [6.07, 6.45) is 1.06. The zero-order valence-corrected chi connectivity index (χ0v) is 13.8. The number of carbonyl (C=O) groups excluding carboxylic acids is 2. The summed E-state index contributed by atoms with van der Waals surface area (Å²) in [5.74, 6) is -0.646. The first kappa shape index (κ1) is 19.1. The van der Waals surface area contributed by atoms with Crippen molar-refractivity contribution in [3.8, 4) is 0 Å². The SMILES string of the molecule is CC(C)CC(CN)(CC(=O)NO)C(=O)NCCc1ccccc1. The number of hydrogen-bond donors (Lipinski definition) is 4. The van der Waals surface area contributed by atoms with Crippen molar-refractivity contribution in [2.45, 2.75) is 33.1 Å². The summed E-state index contributed by atoms with van der Waals surface area (Å²) in [6, 6.07) is 9.83. The van der Waals surface area contributed by atoms with Crippen LogP contribution in [0.25, 0.3) is 0 Å². The van der Waals surface area contributed by atoms with Crippen LogP contribution in [0, 0.1) is 11.3 Å². The molecule has 5 N–H and O–H groups in total. The number of carbonyl (C=O) groups is 2. The summed E-state index contributed by atoms with van der Waals surface area (Å²) in [6.45, 7) is 4.47. The molecule has 0 saturated carbocycles. The Morgan fingerprint density at radius 1 is 1.26 bits per heavy atom. The minimum Gasteiger partial charge on any atom is -0.355 e. The Kier molecular flexibility index (Phi) is 7.71. The second-order valence-electron chi connectivity index (χ2n) is 6.29. The summed E-state index contributed by atoms with van der Waals surface area (Å²) in [7, 11) is 0. The molecule has 0 heterocycles. The van der Waals surface area contributed by atoms with Crippen LogP contribution in [0.2, 0.25) is 0 Å². The molecule has 0 aliphatic carbocycles. The second-order valence-corrected chi connectivity index (χ2v) is 6.29. The number of benzene rings is 1. The maximum Gasteiger partial charge on any atom is 0.244 e. The lowest BCUT2D eigenvalue weighted by atomic mass is 9.76. The van der Waals surface area contributed by atoms with Gasteiger partial charge in [0.25, 0.3) is 0 Å². The largest absolute Gasteiger partial charge is 0.355 e. The summed E-state index contributed by atoms with van der Waals surface area (Å²) in [5, 5.41) is 11.6. The normalized spacial score (nSPS) is 13.4. The zero-order chi connectivity index (χ0) is 17.3. The fourth-order valence-electron chi connectivity index (χ4n) is 2.77. The lowest BCUT2D eigenvalue weighted by Gasteiger charge is -2.32. The van der Waals surface area contributed by atoms with E-state index in [1.807, 2.05) is 44.2 Å². The van der Waals surface area contributed by atoms with E-state index in [1.165, 1.54) is 0 Å². The van der Waals surface area contributed by atoms with Crippen molar-refractivity contribution in [1.82, 2.24) is 10.8 Å². The van der Waals surface area contributed by atoms with E-state index < -0.39 is 11.3 Å². The van der Waals surface area contributed by atoms with E-state index >= 15 is 0 Å². The number of nitrogens with one attached hydrogen (secondary N) is 2. The highest BCUT2D eigenvalue weighted by atomic mass is 16.5. The van der Waals surface area contributed by atoms with E-state index in [1.54, 1.807) is 5.48 Å². The topological polar surface area (TPSA) is 104 Å². The second kappa shape index (κ2) is 9.27. The van der Waals surface area contributed by atoms with Gasteiger partial charge in [-0.25, -0.2) is 5.48 Å². The molecule has 1 rings (SSSR count). The van der Waals surface area contributed by atoms with Gasteiger partial charge in [-0.05, 0) is 24.3 Å². The number of hydrogen-bond acceptors (Lipinski definition) is 4. The molecule has 1 aromatic rings. The van der Waals surface area contributed by atoms with Crippen LogP contribution in [0.15, 0.2) is 30.3 Å². The average Bonchev–Trinajstić information content (AvgIpc) is 2.54. The monoisotopic (exact) mass is 321 g/mol. The van der Waals surface area contributed by atoms with Crippen LogP contribution in [0.3, 0.4) is 0 Å². The molecule has 23 heavy (non-hydrogen) atoms. The van der Waals surface area contributed by atoms with Gasteiger partial charge in [-0.3, -0.25) is 14.8 Å². The third-order valence-corrected chi connectivity index (χ3v) is 3.84. The first-order valence-corrected chi connectivity index (χ1v) is 7.89.